The number of benzene rings is 1. The van der Waals surface area contributed by atoms with E-state index in [1.807, 2.05) is 35.0 Å². The zero-order valence-corrected chi connectivity index (χ0v) is 24.8. The Morgan fingerprint density at radius 1 is 1.00 bits per heavy atom. The molecule has 6 heteroatoms. The number of aryl methyl sites for hydroxylation is 1. The van der Waals surface area contributed by atoms with Crippen LogP contribution in [0.4, 0.5) is 0 Å². The molecule has 0 radical (unpaired) electrons. The third kappa shape index (κ3) is 7.63. The van der Waals surface area contributed by atoms with Crippen LogP contribution in [-0.2, 0) is 6.42 Å². The maximum Gasteiger partial charge on any atom is 0.253 e. The fourth-order valence-electron chi connectivity index (χ4n) is 5.52. The van der Waals surface area contributed by atoms with Crippen molar-refractivity contribution in [3.05, 3.63) is 53.7 Å². The molecular weight excluding hydrogens is 484 g/mol. The first-order valence-electron chi connectivity index (χ1n) is 15.0. The lowest BCUT2D eigenvalue weighted by Gasteiger charge is -2.26. The molecule has 0 spiro atoms. The number of ether oxygens (including phenoxy) is 1. The summed E-state index contributed by atoms with van der Waals surface area (Å²) in [6.45, 7) is 14.0. The van der Waals surface area contributed by atoms with E-state index in [0.717, 1.165) is 73.4 Å². The number of amides is 1. The van der Waals surface area contributed by atoms with E-state index >= 15 is 0 Å². The van der Waals surface area contributed by atoms with Gasteiger partial charge in [-0.2, -0.15) is 5.10 Å². The van der Waals surface area contributed by atoms with Crippen LogP contribution in [0.2, 0.25) is 0 Å². The van der Waals surface area contributed by atoms with E-state index < -0.39 is 0 Å². The normalized spacial score (nSPS) is 14.4. The van der Waals surface area contributed by atoms with Crippen molar-refractivity contribution in [1.82, 2.24) is 19.4 Å². The highest BCUT2D eigenvalue weighted by atomic mass is 16.5. The largest absolute Gasteiger partial charge is 0.496 e. The van der Waals surface area contributed by atoms with E-state index in [0.29, 0.717) is 11.8 Å². The molecule has 0 bridgehead atoms. The Morgan fingerprint density at radius 3 is 2.36 bits per heavy atom. The van der Waals surface area contributed by atoms with Gasteiger partial charge in [-0.15, -0.1) is 0 Å². The van der Waals surface area contributed by atoms with Crippen LogP contribution in [0.5, 0.6) is 5.75 Å². The van der Waals surface area contributed by atoms with Gasteiger partial charge in [-0.05, 0) is 94.3 Å². The van der Waals surface area contributed by atoms with Gasteiger partial charge in [-0.25, -0.2) is 4.52 Å². The number of rotatable bonds is 13. The van der Waals surface area contributed by atoms with Crippen molar-refractivity contribution in [3.63, 3.8) is 0 Å². The fourth-order valence-corrected chi connectivity index (χ4v) is 5.52. The van der Waals surface area contributed by atoms with Crippen molar-refractivity contribution in [2.24, 2.45) is 11.8 Å². The second-order valence-corrected chi connectivity index (χ2v) is 11.9. The van der Waals surface area contributed by atoms with Crippen LogP contribution in [0.25, 0.3) is 16.8 Å². The second-order valence-electron chi connectivity index (χ2n) is 11.9. The quantitative estimate of drug-likeness (QED) is 0.239. The number of carbonyl (C=O) groups excluding carboxylic acids is 1. The van der Waals surface area contributed by atoms with Gasteiger partial charge in [-0.3, -0.25) is 4.79 Å². The van der Waals surface area contributed by atoms with Gasteiger partial charge in [0.1, 0.15) is 11.4 Å². The van der Waals surface area contributed by atoms with Gasteiger partial charge >= 0.3 is 0 Å². The number of piperidine rings is 1. The Bertz CT molecular complexity index is 1200. The van der Waals surface area contributed by atoms with Crippen LogP contribution in [-0.4, -0.2) is 65.2 Å². The maximum absolute atomic E-state index is 13.8. The van der Waals surface area contributed by atoms with E-state index in [1.54, 1.807) is 7.11 Å². The summed E-state index contributed by atoms with van der Waals surface area (Å²) in [5.74, 6) is 2.07. The predicted molar refractivity (Wildman–Crippen MR) is 161 cm³/mol. The van der Waals surface area contributed by atoms with Crippen LogP contribution in [0, 0.1) is 11.8 Å². The first-order chi connectivity index (χ1) is 18.9. The molecule has 2 aromatic heterocycles. The van der Waals surface area contributed by atoms with Gasteiger partial charge in [0.25, 0.3) is 5.91 Å². The number of methoxy groups -OCH3 is 1. The zero-order valence-electron chi connectivity index (χ0n) is 24.8. The average molecular weight is 533 g/mol. The Morgan fingerprint density at radius 2 is 1.69 bits per heavy atom. The van der Waals surface area contributed by atoms with Crippen molar-refractivity contribution < 1.29 is 9.53 Å². The van der Waals surface area contributed by atoms with Crippen LogP contribution in [0.15, 0.2) is 42.6 Å². The third-order valence-corrected chi connectivity index (χ3v) is 7.94. The standard InChI is InChI=1S/C33H48N4O2/c1-25(2)15-21-36(22-16-26(3)4)33(38)27-17-23-37-30(24-27)28(13-11-20-35-18-9-6-10-19-35)32(34-37)29-12-7-8-14-31(29)39-5/h7-8,12,14,17,23-26H,6,9-11,13,15-16,18-22H2,1-5H3. The first kappa shape index (κ1) is 29.1. The van der Waals surface area contributed by atoms with E-state index in [4.69, 9.17) is 9.84 Å². The SMILES string of the molecule is COc1ccccc1-c1nn2ccc(C(=O)N(CCC(C)C)CCC(C)C)cc2c1CCCN1CCCCC1. The monoisotopic (exact) mass is 532 g/mol. The number of hydrogen-bond donors (Lipinski definition) is 0. The molecule has 39 heavy (non-hydrogen) atoms. The Kier molecular flexibility index (Phi) is 10.4. The smallest absolute Gasteiger partial charge is 0.253 e. The number of para-hydroxylation sites is 1. The van der Waals surface area contributed by atoms with E-state index in [2.05, 4.69) is 49.6 Å². The van der Waals surface area contributed by atoms with Crippen LogP contribution in [0.3, 0.4) is 0 Å². The number of nitrogens with zero attached hydrogens (tertiary/aromatic N) is 4. The zero-order chi connectivity index (χ0) is 27.8. The van der Waals surface area contributed by atoms with Crippen LogP contribution < -0.4 is 4.74 Å². The molecule has 4 rings (SSSR count). The minimum absolute atomic E-state index is 0.123. The molecular formula is C33H48N4O2. The van der Waals surface area contributed by atoms with Crippen molar-refractivity contribution in [2.75, 3.05) is 39.8 Å². The molecule has 1 aliphatic heterocycles. The van der Waals surface area contributed by atoms with Gasteiger partial charge in [0.05, 0.1) is 12.6 Å². The first-order valence-corrected chi connectivity index (χ1v) is 15.0. The molecule has 1 amide bonds. The average Bonchev–Trinajstić information content (AvgIpc) is 3.30. The molecule has 3 heterocycles. The summed E-state index contributed by atoms with van der Waals surface area (Å²) in [7, 11) is 1.71. The van der Waals surface area contributed by atoms with Crippen molar-refractivity contribution in [1.29, 1.82) is 0 Å². The third-order valence-electron chi connectivity index (χ3n) is 7.94. The van der Waals surface area contributed by atoms with Gasteiger partial charge in [0.2, 0.25) is 0 Å². The molecule has 212 valence electrons. The lowest BCUT2D eigenvalue weighted by Crippen LogP contribution is -2.34. The van der Waals surface area contributed by atoms with Gasteiger partial charge in [0, 0.05) is 36.0 Å². The van der Waals surface area contributed by atoms with E-state index in [-0.39, 0.29) is 5.91 Å². The van der Waals surface area contributed by atoms with Crippen LogP contribution >= 0.6 is 0 Å². The van der Waals surface area contributed by atoms with Crippen molar-refractivity contribution in [3.8, 4) is 17.0 Å². The molecule has 6 nitrogen and oxygen atoms in total. The number of likely N-dealkylation sites (tertiary alicyclic amines) is 1. The summed E-state index contributed by atoms with van der Waals surface area (Å²) < 4.78 is 7.66. The lowest BCUT2D eigenvalue weighted by atomic mass is 10.0. The topological polar surface area (TPSA) is 50.1 Å². The summed E-state index contributed by atoms with van der Waals surface area (Å²) in [5.41, 5.74) is 4.92. The summed E-state index contributed by atoms with van der Waals surface area (Å²) in [6.07, 6.45) is 9.92. The Hall–Kier alpha value is -2.86. The number of pyridine rings is 1. The number of fused-ring (bicyclic) bond motifs is 1. The second kappa shape index (κ2) is 14.0. The van der Waals surface area contributed by atoms with Crippen molar-refractivity contribution >= 4 is 11.4 Å². The van der Waals surface area contributed by atoms with Gasteiger partial charge in [0.15, 0.2) is 0 Å². The van der Waals surface area contributed by atoms with E-state index in [9.17, 15) is 4.79 Å². The molecule has 0 saturated carbocycles. The summed E-state index contributed by atoms with van der Waals surface area (Å²) in [6, 6.07) is 12.1. The number of hydrogen-bond acceptors (Lipinski definition) is 4. The van der Waals surface area contributed by atoms with Crippen LogP contribution in [0.1, 0.15) is 82.1 Å². The predicted octanol–water partition coefficient (Wildman–Crippen LogP) is 6.96. The highest BCUT2D eigenvalue weighted by Crippen LogP contribution is 2.34. The molecule has 1 saturated heterocycles. The highest BCUT2D eigenvalue weighted by Gasteiger charge is 2.22. The molecule has 0 aliphatic carbocycles. The Balaban J connectivity index is 1.67. The minimum atomic E-state index is 0.123. The molecule has 0 atom stereocenters. The summed E-state index contributed by atoms with van der Waals surface area (Å²) in [4.78, 5) is 18.4. The number of carbonyl (C=O) groups is 1. The maximum atomic E-state index is 13.8. The molecule has 0 N–H and O–H groups in total. The lowest BCUT2D eigenvalue weighted by molar-refractivity contribution is 0.0741. The Labute approximate surface area is 235 Å². The molecule has 1 aromatic carbocycles. The number of aromatic nitrogens is 2. The van der Waals surface area contributed by atoms with Gasteiger partial charge in [-0.1, -0.05) is 46.2 Å². The van der Waals surface area contributed by atoms with Crippen molar-refractivity contribution in [2.45, 2.75) is 72.6 Å². The molecule has 1 aliphatic rings. The van der Waals surface area contributed by atoms with Gasteiger partial charge < -0.3 is 14.5 Å². The summed E-state index contributed by atoms with van der Waals surface area (Å²) >= 11 is 0. The van der Waals surface area contributed by atoms with E-state index in [1.165, 1.54) is 37.9 Å². The molecule has 3 aromatic rings. The minimum Gasteiger partial charge on any atom is -0.496 e. The molecule has 0 unspecified atom stereocenters. The highest BCUT2D eigenvalue weighted by molar-refractivity contribution is 5.96. The molecule has 1 fully saturated rings. The summed E-state index contributed by atoms with van der Waals surface area (Å²) in [5, 5.41) is 5.02. The fraction of sp³-hybridized carbons (Fsp3) is 0.576.